The highest BCUT2D eigenvalue weighted by atomic mass is 32.2. The first-order chi connectivity index (χ1) is 9.46. The molecule has 0 saturated carbocycles. The average molecular weight is 291 g/mol. The summed E-state index contributed by atoms with van der Waals surface area (Å²) in [6, 6.07) is 8.27. The number of sulfonamides is 1. The molecular formula is C14H17N3O2S. The molecule has 106 valence electrons. The van der Waals surface area contributed by atoms with Gasteiger partial charge in [0.25, 0.3) is 10.0 Å². The van der Waals surface area contributed by atoms with Crippen LogP contribution in [0, 0.1) is 0 Å². The summed E-state index contributed by atoms with van der Waals surface area (Å²) in [5.74, 6) is 0. The van der Waals surface area contributed by atoms with Crippen LogP contribution in [0.3, 0.4) is 0 Å². The lowest BCUT2D eigenvalue weighted by molar-refractivity contribution is 0.593. The second-order valence-electron chi connectivity index (χ2n) is 4.40. The number of nitrogens with zero attached hydrogens (tertiary/aromatic N) is 2. The minimum Gasteiger partial charge on any atom is -0.399 e. The Kier molecular flexibility index (Phi) is 3.94. The van der Waals surface area contributed by atoms with Crippen LogP contribution in [0.2, 0.25) is 0 Å². The molecule has 2 aromatic rings. The van der Waals surface area contributed by atoms with E-state index in [1.807, 2.05) is 6.92 Å². The molecule has 0 unspecified atom stereocenters. The van der Waals surface area contributed by atoms with Crippen molar-refractivity contribution in [1.82, 2.24) is 4.98 Å². The second kappa shape index (κ2) is 5.50. The van der Waals surface area contributed by atoms with Gasteiger partial charge in [0.15, 0.2) is 0 Å². The molecule has 0 aliphatic carbocycles. The van der Waals surface area contributed by atoms with Crippen LogP contribution in [0.5, 0.6) is 0 Å². The number of nitrogen functional groups attached to an aromatic ring is 1. The third-order valence-corrected chi connectivity index (χ3v) is 5.00. The highest BCUT2D eigenvalue weighted by Gasteiger charge is 2.24. The molecule has 0 spiro atoms. The van der Waals surface area contributed by atoms with Crippen LogP contribution in [0.4, 0.5) is 11.4 Å². The molecular weight excluding hydrogens is 274 g/mol. The SMILES string of the molecule is CCc1ccc(N)cc1S(=O)(=O)N(C)c1ccncc1. The van der Waals surface area contributed by atoms with E-state index in [2.05, 4.69) is 4.98 Å². The summed E-state index contributed by atoms with van der Waals surface area (Å²) in [5.41, 5.74) is 7.47. The van der Waals surface area contributed by atoms with Crippen LogP contribution >= 0.6 is 0 Å². The predicted octanol–water partition coefficient (Wildman–Crippen LogP) is 2.05. The van der Waals surface area contributed by atoms with Gasteiger partial charge in [0.1, 0.15) is 0 Å². The van der Waals surface area contributed by atoms with Crippen molar-refractivity contribution < 1.29 is 8.42 Å². The van der Waals surface area contributed by atoms with E-state index in [4.69, 9.17) is 5.73 Å². The van der Waals surface area contributed by atoms with Crippen molar-refractivity contribution in [3.8, 4) is 0 Å². The minimum absolute atomic E-state index is 0.249. The van der Waals surface area contributed by atoms with Crippen molar-refractivity contribution in [1.29, 1.82) is 0 Å². The number of aromatic nitrogens is 1. The average Bonchev–Trinajstić information content (AvgIpc) is 2.47. The van der Waals surface area contributed by atoms with E-state index in [0.29, 0.717) is 17.8 Å². The van der Waals surface area contributed by atoms with E-state index < -0.39 is 10.0 Å². The third kappa shape index (κ3) is 2.60. The van der Waals surface area contributed by atoms with Crippen molar-refractivity contribution in [2.75, 3.05) is 17.1 Å². The number of hydrogen-bond acceptors (Lipinski definition) is 4. The second-order valence-corrected chi connectivity index (χ2v) is 6.34. The van der Waals surface area contributed by atoms with E-state index >= 15 is 0 Å². The molecule has 6 heteroatoms. The van der Waals surface area contributed by atoms with Gasteiger partial charge in [-0.05, 0) is 36.2 Å². The molecule has 0 amide bonds. The summed E-state index contributed by atoms with van der Waals surface area (Å²) < 4.78 is 26.7. The van der Waals surface area contributed by atoms with Gasteiger partial charge in [-0.3, -0.25) is 9.29 Å². The van der Waals surface area contributed by atoms with Gasteiger partial charge in [0.05, 0.1) is 10.6 Å². The maximum absolute atomic E-state index is 12.7. The Balaban J connectivity index is 2.53. The fourth-order valence-electron chi connectivity index (χ4n) is 1.94. The molecule has 1 aromatic heterocycles. The zero-order valence-corrected chi connectivity index (χ0v) is 12.3. The maximum atomic E-state index is 12.7. The topological polar surface area (TPSA) is 76.3 Å². The molecule has 0 aliphatic heterocycles. The van der Waals surface area contributed by atoms with Gasteiger partial charge in [-0.25, -0.2) is 8.42 Å². The molecule has 0 radical (unpaired) electrons. The molecule has 1 heterocycles. The molecule has 0 fully saturated rings. The van der Waals surface area contributed by atoms with E-state index in [1.54, 1.807) is 36.7 Å². The Labute approximate surface area is 119 Å². The summed E-state index contributed by atoms with van der Waals surface area (Å²) in [5, 5.41) is 0. The number of hydrogen-bond donors (Lipinski definition) is 1. The number of aryl methyl sites for hydroxylation is 1. The summed E-state index contributed by atoms with van der Waals surface area (Å²) in [4.78, 5) is 4.14. The monoisotopic (exact) mass is 291 g/mol. The predicted molar refractivity (Wildman–Crippen MR) is 80.1 cm³/mol. The van der Waals surface area contributed by atoms with Crippen LogP contribution in [0.25, 0.3) is 0 Å². The third-order valence-electron chi connectivity index (χ3n) is 3.14. The lowest BCUT2D eigenvalue weighted by Gasteiger charge is -2.21. The Hall–Kier alpha value is -2.08. The Morgan fingerprint density at radius 1 is 1.20 bits per heavy atom. The zero-order valence-electron chi connectivity index (χ0n) is 11.4. The standard InChI is InChI=1S/C14H17N3O2S/c1-3-11-4-5-12(15)10-14(11)20(18,19)17(2)13-6-8-16-9-7-13/h4-10H,3,15H2,1-2H3. The number of benzene rings is 1. The van der Waals surface area contributed by atoms with Crippen molar-refractivity contribution in [2.45, 2.75) is 18.2 Å². The molecule has 1 aromatic carbocycles. The first-order valence-electron chi connectivity index (χ1n) is 6.24. The smallest absolute Gasteiger partial charge is 0.264 e. The molecule has 20 heavy (non-hydrogen) atoms. The highest BCUT2D eigenvalue weighted by molar-refractivity contribution is 7.92. The van der Waals surface area contributed by atoms with E-state index in [9.17, 15) is 8.42 Å². The van der Waals surface area contributed by atoms with Gasteiger partial charge < -0.3 is 5.73 Å². The van der Waals surface area contributed by atoms with Crippen molar-refractivity contribution in [3.05, 3.63) is 48.3 Å². The van der Waals surface area contributed by atoms with Crippen LogP contribution in [-0.4, -0.2) is 20.4 Å². The maximum Gasteiger partial charge on any atom is 0.264 e. The molecule has 5 nitrogen and oxygen atoms in total. The number of rotatable bonds is 4. The molecule has 0 aliphatic rings. The van der Waals surface area contributed by atoms with Crippen molar-refractivity contribution in [3.63, 3.8) is 0 Å². The fraction of sp³-hybridized carbons (Fsp3) is 0.214. The lowest BCUT2D eigenvalue weighted by Crippen LogP contribution is -2.27. The zero-order chi connectivity index (χ0) is 14.8. The molecule has 0 atom stereocenters. The van der Waals surface area contributed by atoms with Gasteiger partial charge in [-0.15, -0.1) is 0 Å². The number of pyridine rings is 1. The Morgan fingerprint density at radius 2 is 1.85 bits per heavy atom. The summed E-state index contributed by atoms with van der Waals surface area (Å²) >= 11 is 0. The van der Waals surface area contributed by atoms with Crippen LogP contribution in [0.1, 0.15) is 12.5 Å². The van der Waals surface area contributed by atoms with Crippen LogP contribution < -0.4 is 10.0 Å². The van der Waals surface area contributed by atoms with E-state index in [-0.39, 0.29) is 4.90 Å². The van der Waals surface area contributed by atoms with E-state index in [1.165, 1.54) is 17.4 Å². The Bertz CT molecular complexity index is 700. The first kappa shape index (κ1) is 14.3. The van der Waals surface area contributed by atoms with Gasteiger partial charge in [-0.2, -0.15) is 0 Å². The van der Waals surface area contributed by atoms with Gasteiger partial charge >= 0.3 is 0 Å². The number of nitrogens with two attached hydrogens (primary N) is 1. The summed E-state index contributed by atoms with van der Waals surface area (Å²) in [7, 11) is -2.11. The van der Waals surface area contributed by atoms with Crippen LogP contribution in [0.15, 0.2) is 47.6 Å². The fourth-order valence-corrected chi connectivity index (χ4v) is 3.47. The quantitative estimate of drug-likeness (QED) is 0.875. The normalized spacial score (nSPS) is 11.3. The molecule has 2 N–H and O–H groups in total. The summed E-state index contributed by atoms with van der Waals surface area (Å²) in [6.45, 7) is 1.91. The molecule has 0 bridgehead atoms. The minimum atomic E-state index is -3.63. The molecule has 0 saturated heterocycles. The summed E-state index contributed by atoms with van der Waals surface area (Å²) in [6.07, 6.45) is 3.74. The van der Waals surface area contributed by atoms with Crippen LogP contribution in [-0.2, 0) is 16.4 Å². The first-order valence-corrected chi connectivity index (χ1v) is 7.68. The van der Waals surface area contributed by atoms with Crippen molar-refractivity contribution in [2.24, 2.45) is 0 Å². The Morgan fingerprint density at radius 3 is 2.45 bits per heavy atom. The lowest BCUT2D eigenvalue weighted by atomic mass is 10.1. The highest BCUT2D eigenvalue weighted by Crippen LogP contribution is 2.26. The van der Waals surface area contributed by atoms with Gasteiger partial charge in [0, 0.05) is 25.1 Å². The largest absolute Gasteiger partial charge is 0.399 e. The van der Waals surface area contributed by atoms with Crippen molar-refractivity contribution >= 4 is 21.4 Å². The van der Waals surface area contributed by atoms with E-state index in [0.717, 1.165) is 5.56 Å². The number of anilines is 2. The van der Waals surface area contributed by atoms with Gasteiger partial charge in [-0.1, -0.05) is 13.0 Å². The van der Waals surface area contributed by atoms with Gasteiger partial charge in [0.2, 0.25) is 0 Å². The molecule has 2 rings (SSSR count).